The first-order chi connectivity index (χ1) is 3.46. The molecular formula is BBr3Cl3P. The van der Waals surface area contributed by atoms with Crippen LogP contribution < -0.4 is 0 Å². The van der Waals surface area contributed by atoms with Crippen molar-refractivity contribution in [1.29, 1.82) is 0 Å². The smallest absolute Gasteiger partial charge is 0.123 e. The van der Waals surface area contributed by atoms with Crippen molar-refractivity contribution < 1.29 is 0 Å². The highest BCUT2D eigenvalue weighted by molar-refractivity contribution is 9.69. The topological polar surface area (TPSA) is 0 Å². The fourth-order valence-electron chi connectivity index (χ4n) is 0. The molecule has 0 aromatic heterocycles. The molecule has 0 aromatic rings. The number of hydrogen-bond donors (Lipinski definition) is 0. The van der Waals surface area contributed by atoms with Gasteiger partial charge in [0.25, 0.3) is 0 Å². The van der Waals surface area contributed by atoms with E-state index in [1.165, 1.54) is 0 Å². The summed E-state index contributed by atoms with van der Waals surface area (Å²) in [4.78, 5) is 0. The number of halogens is 6. The van der Waals surface area contributed by atoms with Crippen LogP contribution >= 0.6 is 87.0 Å². The summed E-state index contributed by atoms with van der Waals surface area (Å²) in [7, 11) is 0. The van der Waals surface area contributed by atoms with Crippen molar-refractivity contribution in [2.75, 3.05) is 0 Å². The average Bonchev–Trinajstić information content (AvgIpc) is 1.25. The van der Waals surface area contributed by atoms with Crippen molar-refractivity contribution >= 4 is 90.2 Å². The van der Waals surface area contributed by atoms with Gasteiger partial charge in [0.05, 0.1) is 0 Å². The van der Waals surface area contributed by atoms with Gasteiger partial charge >= 0.3 is 3.18 Å². The van der Waals surface area contributed by atoms with Gasteiger partial charge in [-0.15, -0.1) is 47.3 Å². The molecule has 0 atom stereocenters. The van der Waals surface area contributed by atoms with E-state index in [0.29, 0.717) is 0 Å². The summed E-state index contributed by atoms with van der Waals surface area (Å²) in [6, 6.07) is 0. The lowest BCUT2D eigenvalue weighted by molar-refractivity contribution is 4.58. The normalized spacial score (nSPS) is 7.88. The lowest BCUT2D eigenvalue weighted by Gasteiger charge is -1.68. The Kier molecular flexibility index (Phi) is 16.4. The number of rotatable bonds is 0. The van der Waals surface area contributed by atoms with Gasteiger partial charge < -0.3 is 0 Å². The quantitative estimate of drug-likeness (QED) is 0.401. The molecule has 0 saturated heterocycles. The minimum absolute atomic E-state index is 0.271. The van der Waals surface area contributed by atoms with Gasteiger partial charge in [-0.2, -0.15) is 0 Å². The Balaban J connectivity index is 0. The van der Waals surface area contributed by atoms with Crippen molar-refractivity contribution in [3.8, 4) is 0 Å². The van der Waals surface area contributed by atoms with Gasteiger partial charge in [-0.1, -0.05) is 33.7 Å². The van der Waals surface area contributed by atoms with Crippen LogP contribution in [0.2, 0.25) is 0 Å². The van der Waals surface area contributed by atoms with Crippen LogP contribution in [0.15, 0.2) is 0 Å². The maximum atomic E-state index is 4.87. The molecule has 0 aliphatic heterocycles. The minimum Gasteiger partial charge on any atom is -0.123 e. The third-order valence-electron chi connectivity index (χ3n) is 0. The second-order valence-corrected chi connectivity index (χ2v) is 11.9. The second kappa shape index (κ2) is 9.80. The lowest BCUT2D eigenvalue weighted by Crippen LogP contribution is -1.60. The molecule has 0 bridgehead atoms. The van der Waals surface area contributed by atoms with Crippen LogP contribution in [0.25, 0.3) is 0 Å². The Morgan fingerprint density at radius 2 is 1.00 bits per heavy atom. The molecule has 0 saturated carbocycles. The zero-order valence-corrected chi connectivity index (χ0v) is 11.2. The van der Waals surface area contributed by atoms with E-state index in [2.05, 4.69) is 47.3 Å². The average molecular weight is 388 g/mol. The number of hydrogen-bond acceptors (Lipinski definition) is 0. The summed E-state index contributed by atoms with van der Waals surface area (Å²) in [5.41, 5.74) is 0. The first kappa shape index (κ1) is 13.4. The first-order valence-corrected chi connectivity index (χ1v) is 7.97. The predicted molar refractivity (Wildman–Crippen MR) is 57.0 cm³/mol. The van der Waals surface area contributed by atoms with Crippen molar-refractivity contribution in [2.24, 2.45) is 0 Å². The summed E-state index contributed by atoms with van der Waals surface area (Å²) < 4.78 is 0.271. The molecule has 0 aliphatic carbocycles. The minimum atomic E-state index is -1.20. The van der Waals surface area contributed by atoms with E-state index in [9.17, 15) is 0 Å². The van der Waals surface area contributed by atoms with Crippen molar-refractivity contribution in [1.82, 2.24) is 0 Å². The lowest BCUT2D eigenvalue weighted by atomic mass is 10.8. The van der Waals surface area contributed by atoms with Gasteiger partial charge in [-0.3, -0.25) is 0 Å². The van der Waals surface area contributed by atoms with E-state index in [-0.39, 0.29) is 3.18 Å². The van der Waals surface area contributed by atoms with Crippen LogP contribution in [-0.2, 0) is 0 Å². The van der Waals surface area contributed by atoms with E-state index >= 15 is 0 Å². The van der Waals surface area contributed by atoms with Crippen molar-refractivity contribution in [3.05, 3.63) is 0 Å². The molecule has 0 N–H and O–H groups in total. The SMILES string of the molecule is BrB(Br)Br.ClP(Cl)Cl. The van der Waals surface area contributed by atoms with Crippen LogP contribution in [0.1, 0.15) is 0 Å². The predicted octanol–water partition coefficient (Wildman–Crippen LogP) is 5.09. The Morgan fingerprint density at radius 1 is 1.00 bits per heavy atom. The van der Waals surface area contributed by atoms with E-state index in [0.717, 1.165) is 0 Å². The molecule has 8 heteroatoms. The zero-order valence-electron chi connectivity index (χ0n) is 3.29. The maximum Gasteiger partial charge on any atom is 0.369 e. The molecule has 0 heterocycles. The third kappa shape index (κ3) is 68.2. The molecule has 50 valence electrons. The Hall–Kier alpha value is 2.80. The molecule has 0 rings (SSSR count). The van der Waals surface area contributed by atoms with Crippen LogP contribution in [0.5, 0.6) is 0 Å². The summed E-state index contributed by atoms with van der Waals surface area (Å²) in [5.74, 6) is -1.20. The maximum absolute atomic E-state index is 4.87. The molecule has 0 unspecified atom stereocenters. The van der Waals surface area contributed by atoms with Crippen LogP contribution in [0, 0.1) is 0 Å². The Labute approximate surface area is 89.1 Å². The van der Waals surface area contributed by atoms with Crippen LogP contribution in [0.3, 0.4) is 0 Å². The molecular weight excluding hydrogens is 388 g/mol. The summed E-state index contributed by atoms with van der Waals surface area (Å²) >= 11 is 23.9. The largest absolute Gasteiger partial charge is 0.369 e. The summed E-state index contributed by atoms with van der Waals surface area (Å²) in [6.45, 7) is 0. The molecule has 0 aromatic carbocycles. The fraction of sp³-hybridized carbons (Fsp3) is 0. The highest BCUT2D eigenvalue weighted by atomic mass is 79.9. The van der Waals surface area contributed by atoms with Gasteiger partial charge in [0.2, 0.25) is 0 Å². The van der Waals surface area contributed by atoms with E-state index in [1.54, 1.807) is 0 Å². The van der Waals surface area contributed by atoms with Gasteiger partial charge in [-0.05, 0) is 0 Å². The van der Waals surface area contributed by atoms with Crippen LogP contribution in [-0.4, -0.2) is 3.18 Å². The zero-order chi connectivity index (χ0) is 7.15. The van der Waals surface area contributed by atoms with Gasteiger partial charge in [0, 0.05) is 0 Å². The Morgan fingerprint density at radius 3 is 1.00 bits per heavy atom. The summed E-state index contributed by atoms with van der Waals surface area (Å²) in [6.07, 6.45) is 0. The van der Waals surface area contributed by atoms with Crippen LogP contribution in [0.4, 0.5) is 0 Å². The molecule has 0 nitrogen and oxygen atoms in total. The molecule has 0 spiro atoms. The molecule has 0 amide bonds. The molecule has 0 fully saturated rings. The van der Waals surface area contributed by atoms with E-state index in [4.69, 9.17) is 33.7 Å². The standard InChI is InChI=1S/BBr3.Cl3P/c2-1(3)4;1-4(2)3. The monoisotopic (exact) mass is 384 g/mol. The molecule has 8 heavy (non-hydrogen) atoms. The van der Waals surface area contributed by atoms with Gasteiger partial charge in [-0.25, -0.2) is 0 Å². The second-order valence-electron chi connectivity index (χ2n) is 0.439. The molecule has 0 radical (unpaired) electrons. The van der Waals surface area contributed by atoms with E-state index in [1.807, 2.05) is 0 Å². The van der Waals surface area contributed by atoms with Crippen molar-refractivity contribution in [2.45, 2.75) is 0 Å². The Bertz CT molecular complexity index is 30.0. The van der Waals surface area contributed by atoms with E-state index < -0.39 is 5.98 Å². The molecule has 0 aliphatic rings. The van der Waals surface area contributed by atoms with Gasteiger partial charge in [0.1, 0.15) is 0 Å². The fourth-order valence-corrected chi connectivity index (χ4v) is 0. The highest BCUT2D eigenvalue weighted by Crippen LogP contribution is 2.51. The highest BCUT2D eigenvalue weighted by Gasteiger charge is 1.87. The van der Waals surface area contributed by atoms with Gasteiger partial charge in [0.15, 0.2) is 5.98 Å². The third-order valence-corrected chi connectivity index (χ3v) is 0. The summed E-state index contributed by atoms with van der Waals surface area (Å²) in [5, 5.41) is 0. The van der Waals surface area contributed by atoms with Crippen molar-refractivity contribution in [3.63, 3.8) is 0 Å². The first-order valence-electron chi connectivity index (χ1n) is 1.16.